The fourth-order valence-electron chi connectivity index (χ4n) is 3.11. The third-order valence-electron chi connectivity index (χ3n) is 4.29. The first-order chi connectivity index (χ1) is 9.80. The molecule has 2 saturated heterocycles. The molecular formula is C16H23NO2S. The van der Waals surface area contributed by atoms with Crippen LogP contribution in [0.3, 0.4) is 0 Å². The number of nitrogens with two attached hydrogens (primary N) is 1. The highest BCUT2D eigenvalue weighted by atomic mass is 32.2. The Bertz CT molecular complexity index is 440. The Morgan fingerprint density at radius 1 is 1.25 bits per heavy atom. The maximum atomic E-state index is 6.11. The molecule has 0 bridgehead atoms. The van der Waals surface area contributed by atoms with Gasteiger partial charge < -0.3 is 15.2 Å². The van der Waals surface area contributed by atoms with Crippen molar-refractivity contribution in [3.63, 3.8) is 0 Å². The summed E-state index contributed by atoms with van der Waals surface area (Å²) in [5.74, 6) is 0. The summed E-state index contributed by atoms with van der Waals surface area (Å²) in [5, 5.41) is 0.648. The molecule has 1 atom stereocenters. The minimum atomic E-state index is 0.0830. The Balaban J connectivity index is 1.64. The first-order valence-corrected chi connectivity index (χ1v) is 8.35. The topological polar surface area (TPSA) is 44.5 Å². The van der Waals surface area contributed by atoms with Gasteiger partial charge >= 0.3 is 0 Å². The lowest BCUT2D eigenvalue weighted by molar-refractivity contribution is -0.131. The molecule has 2 heterocycles. The zero-order valence-corrected chi connectivity index (χ0v) is 12.7. The summed E-state index contributed by atoms with van der Waals surface area (Å²) in [6.07, 6.45) is 4.38. The second-order valence-corrected chi connectivity index (χ2v) is 7.10. The van der Waals surface area contributed by atoms with Gasteiger partial charge in [-0.25, -0.2) is 0 Å². The van der Waals surface area contributed by atoms with Crippen LogP contribution in [0.4, 0.5) is 0 Å². The standard InChI is InChI=1S/C16H23NO2S/c17-12-13-2-1-3-14(10-13)20-15-4-7-19-16(11-15)5-8-18-9-6-16/h1-3,10,15H,4-9,11-12,17H2. The molecule has 1 spiro atoms. The van der Waals surface area contributed by atoms with Crippen LogP contribution in [0.15, 0.2) is 29.2 Å². The van der Waals surface area contributed by atoms with Crippen molar-refractivity contribution in [1.82, 2.24) is 0 Å². The van der Waals surface area contributed by atoms with Crippen molar-refractivity contribution in [2.45, 2.75) is 48.0 Å². The number of hydrogen-bond donors (Lipinski definition) is 1. The lowest BCUT2D eigenvalue weighted by Gasteiger charge is -2.43. The van der Waals surface area contributed by atoms with E-state index < -0.39 is 0 Å². The average molecular weight is 293 g/mol. The molecule has 0 amide bonds. The lowest BCUT2D eigenvalue weighted by atomic mass is 9.86. The molecule has 110 valence electrons. The van der Waals surface area contributed by atoms with Crippen molar-refractivity contribution < 1.29 is 9.47 Å². The van der Waals surface area contributed by atoms with Gasteiger partial charge in [0, 0.05) is 36.5 Å². The van der Waals surface area contributed by atoms with E-state index in [1.165, 1.54) is 10.5 Å². The highest BCUT2D eigenvalue weighted by Crippen LogP contribution is 2.40. The third kappa shape index (κ3) is 3.37. The van der Waals surface area contributed by atoms with Gasteiger partial charge in [-0.2, -0.15) is 0 Å². The summed E-state index contributed by atoms with van der Waals surface area (Å²) in [7, 11) is 0. The van der Waals surface area contributed by atoms with Gasteiger partial charge in [0.2, 0.25) is 0 Å². The van der Waals surface area contributed by atoms with Crippen molar-refractivity contribution in [2.75, 3.05) is 19.8 Å². The number of benzene rings is 1. The van der Waals surface area contributed by atoms with Crippen LogP contribution in [0.25, 0.3) is 0 Å². The van der Waals surface area contributed by atoms with Gasteiger partial charge in [-0.15, -0.1) is 11.8 Å². The third-order valence-corrected chi connectivity index (χ3v) is 5.55. The van der Waals surface area contributed by atoms with Gasteiger partial charge in [-0.05, 0) is 43.4 Å². The maximum Gasteiger partial charge on any atom is 0.0737 e. The summed E-state index contributed by atoms with van der Waals surface area (Å²) in [4.78, 5) is 1.34. The molecule has 0 aliphatic carbocycles. The predicted octanol–water partition coefficient (Wildman–Crippen LogP) is 2.97. The average Bonchev–Trinajstić information content (AvgIpc) is 2.48. The molecule has 0 saturated carbocycles. The molecule has 0 radical (unpaired) electrons. The normalized spacial score (nSPS) is 25.8. The summed E-state index contributed by atoms with van der Waals surface area (Å²) in [5.41, 5.74) is 7.01. The van der Waals surface area contributed by atoms with E-state index in [0.29, 0.717) is 11.8 Å². The Morgan fingerprint density at radius 2 is 2.10 bits per heavy atom. The number of rotatable bonds is 3. The summed E-state index contributed by atoms with van der Waals surface area (Å²) in [6.45, 7) is 3.19. The van der Waals surface area contributed by atoms with Crippen molar-refractivity contribution in [3.8, 4) is 0 Å². The Labute approximate surface area is 125 Å². The van der Waals surface area contributed by atoms with Crippen LogP contribution in [-0.4, -0.2) is 30.7 Å². The molecule has 1 aromatic rings. The van der Waals surface area contributed by atoms with Crippen molar-refractivity contribution >= 4 is 11.8 Å². The van der Waals surface area contributed by atoms with E-state index in [1.807, 2.05) is 11.8 Å². The van der Waals surface area contributed by atoms with E-state index in [1.54, 1.807) is 0 Å². The maximum absolute atomic E-state index is 6.11. The van der Waals surface area contributed by atoms with E-state index in [2.05, 4.69) is 24.3 Å². The molecule has 2 aliphatic heterocycles. The minimum absolute atomic E-state index is 0.0830. The molecule has 3 nitrogen and oxygen atoms in total. The molecule has 1 unspecified atom stereocenters. The van der Waals surface area contributed by atoms with E-state index >= 15 is 0 Å². The highest BCUT2D eigenvalue weighted by Gasteiger charge is 2.39. The molecule has 2 aliphatic rings. The molecule has 3 rings (SSSR count). The Morgan fingerprint density at radius 3 is 2.90 bits per heavy atom. The minimum Gasteiger partial charge on any atom is -0.381 e. The lowest BCUT2D eigenvalue weighted by Crippen LogP contribution is -2.45. The molecule has 1 aromatic carbocycles. The Hall–Kier alpha value is -0.550. The molecular weight excluding hydrogens is 270 g/mol. The first kappa shape index (κ1) is 14.4. The van der Waals surface area contributed by atoms with E-state index in [4.69, 9.17) is 15.2 Å². The molecule has 2 N–H and O–H groups in total. The smallest absolute Gasteiger partial charge is 0.0737 e. The van der Waals surface area contributed by atoms with Gasteiger partial charge in [-0.1, -0.05) is 12.1 Å². The highest BCUT2D eigenvalue weighted by molar-refractivity contribution is 8.00. The molecule has 4 heteroatoms. The number of thioether (sulfide) groups is 1. The fourth-order valence-corrected chi connectivity index (χ4v) is 4.48. The monoisotopic (exact) mass is 293 g/mol. The predicted molar refractivity (Wildman–Crippen MR) is 81.9 cm³/mol. The van der Waals surface area contributed by atoms with Crippen LogP contribution in [0, 0.1) is 0 Å². The van der Waals surface area contributed by atoms with Gasteiger partial charge in [0.15, 0.2) is 0 Å². The zero-order chi connectivity index (χ0) is 13.8. The van der Waals surface area contributed by atoms with Crippen molar-refractivity contribution in [3.05, 3.63) is 29.8 Å². The van der Waals surface area contributed by atoms with Crippen LogP contribution in [0.2, 0.25) is 0 Å². The fraction of sp³-hybridized carbons (Fsp3) is 0.625. The van der Waals surface area contributed by atoms with Gasteiger partial charge in [-0.3, -0.25) is 0 Å². The van der Waals surface area contributed by atoms with E-state index in [-0.39, 0.29) is 5.60 Å². The number of hydrogen-bond acceptors (Lipinski definition) is 4. The summed E-state index contributed by atoms with van der Waals surface area (Å²) in [6, 6.07) is 8.61. The SMILES string of the molecule is NCc1cccc(SC2CCOC3(CCOCC3)C2)c1. The van der Waals surface area contributed by atoms with Crippen LogP contribution >= 0.6 is 11.8 Å². The van der Waals surface area contributed by atoms with E-state index in [0.717, 1.165) is 45.5 Å². The summed E-state index contributed by atoms with van der Waals surface area (Å²) >= 11 is 1.99. The van der Waals surface area contributed by atoms with Crippen molar-refractivity contribution in [1.29, 1.82) is 0 Å². The zero-order valence-electron chi connectivity index (χ0n) is 11.8. The number of ether oxygens (including phenoxy) is 2. The van der Waals surface area contributed by atoms with Crippen LogP contribution in [-0.2, 0) is 16.0 Å². The second kappa shape index (κ2) is 6.48. The van der Waals surface area contributed by atoms with Crippen molar-refractivity contribution in [2.24, 2.45) is 5.73 Å². The first-order valence-electron chi connectivity index (χ1n) is 7.47. The molecule has 0 aromatic heterocycles. The van der Waals surface area contributed by atoms with Crippen LogP contribution < -0.4 is 5.73 Å². The molecule has 2 fully saturated rings. The second-order valence-electron chi connectivity index (χ2n) is 5.73. The van der Waals surface area contributed by atoms with E-state index in [9.17, 15) is 0 Å². The quantitative estimate of drug-likeness (QED) is 0.930. The van der Waals surface area contributed by atoms with Crippen LogP contribution in [0.1, 0.15) is 31.2 Å². The largest absolute Gasteiger partial charge is 0.381 e. The molecule has 20 heavy (non-hydrogen) atoms. The summed E-state index contributed by atoms with van der Waals surface area (Å²) < 4.78 is 11.6. The van der Waals surface area contributed by atoms with Crippen LogP contribution in [0.5, 0.6) is 0 Å². The van der Waals surface area contributed by atoms with Gasteiger partial charge in [0.25, 0.3) is 0 Å². The van der Waals surface area contributed by atoms with Gasteiger partial charge in [0.05, 0.1) is 5.60 Å². The van der Waals surface area contributed by atoms with Gasteiger partial charge in [0.1, 0.15) is 0 Å². The Kier molecular flexibility index (Phi) is 4.66.